The normalized spacial score (nSPS) is 21.4. The molecule has 4 aliphatic heterocycles. The third kappa shape index (κ3) is 14.5. The SMILES string of the molecule is NC/C=C(\F)CS(=O)(=O)c1cccc(Cn2cc(-c3cc(OCCCc4cn(CCCCC[C@@H]5SC[C@@H]6NC(=O)N[C@@H]65)nn4)cc(OCCCc4cn(CCCCC[C@@H]5SC[C@@H]6NC(=O)N[C@@H]65)nn4)c3)nn2)c1. The summed E-state index contributed by atoms with van der Waals surface area (Å²) in [7, 11) is -3.92. The molecule has 7 heterocycles. The largest absolute Gasteiger partial charge is 0.493 e. The van der Waals surface area contributed by atoms with Crippen molar-refractivity contribution in [2.75, 3.05) is 37.0 Å². The zero-order chi connectivity index (χ0) is 50.6. The Bertz CT molecular complexity index is 2670. The van der Waals surface area contributed by atoms with E-state index in [2.05, 4.69) is 52.2 Å². The highest BCUT2D eigenvalue weighted by Crippen LogP contribution is 2.35. The lowest BCUT2D eigenvalue weighted by Crippen LogP contribution is -2.36. The molecule has 3 aromatic heterocycles. The molecule has 6 atom stereocenters. The highest BCUT2D eigenvalue weighted by atomic mass is 32.2. The van der Waals surface area contributed by atoms with Crippen LogP contribution in [0.15, 0.2) is 77.9 Å². The number of aryl methyl sites for hydroxylation is 4. The molecule has 4 aliphatic rings. The predicted molar refractivity (Wildman–Crippen MR) is 277 cm³/mol. The van der Waals surface area contributed by atoms with Crippen LogP contribution in [-0.4, -0.2) is 137 Å². The van der Waals surface area contributed by atoms with Crippen LogP contribution in [0.5, 0.6) is 11.5 Å². The molecule has 9 rings (SSSR count). The van der Waals surface area contributed by atoms with E-state index in [0.29, 0.717) is 72.2 Å². The van der Waals surface area contributed by atoms with Gasteiger partial charge in [0.2, 0.25) is 0 Å². The van der Waals surface area contributed by atoms with E-state index in [4.69, 9.17) is 15.2 Å². The number of halogens is 1. The van der Waals surface area contributed by atoms with Crippen molar-refractivity contribution in [1.82, 2.24) is 66.2 Å². The second kappa shape index (κ2) is 25.0. The quantitative estimate of drug-likeness (QED) is 0.0304. The van der Waals surface area contributed by atoms with Crippen molar-refractivity contribution >= 4 is 45.4 Å². The first kappa shape index (κ1) is 52.2. The number of nitrogens with two attached hydrogens (primary N) is 1. The fourth-order valence-electron chi connectivity index (χ4n) is 9.76. The number of hydrogen-bond acceptors (Lipinski definition) is 15. The number of thioether (sulfide) groups is 2. The Hall–Kier alpha value is -5.72. The molecule has 0 bridgehead atoms. The minimum atomic E-state index is -3.92. The standard InChI is InChI=1S/C49H65FN14O6S3/c50-35(16-17-51)32-73(67,68)40-13-7-10-33(22-40)26-64-29-41(58-61-64)34-23-38(69-20-8-11-36-27-62(59-56-36)18-5-1-3-14-44-46-42(30-71-44)52-48(65)54-46)25-39(24-34)70-21-9-12-37-28-63(60-57-37)19-6-2-4-15-45-47-43(31-72-45)53-49(66)55-47/h7,10,13,16,22-25,27-29,42-47H,1-6,8-9,11-12,14-15,17-21,26,30-32,51H2,(H2,52,54,65)(H2,53,55,66)/b35-16-/t42-,43-,44-,45-,46-,47-/m0/s1. The summed E-state index contributed by atoms with van der Waals surface area (Å²) in [6.45, 7) is 2.61. The predicted octanol–water partition coefficient (Wildman–Crippen LogP) is 5.24. The van der Waals surface area contributed by atoms with Crippen molar-refractivity contribution in [3.05, 3.63) is 89.9 Å². The lowest BCUT2D eigenvalue weighted by molar-refractivity contribution is 0.246. The van der Waals surface area contributed by atoms with Gasteiger partial charge in [0.25, 0.3) is 0 Å². The number of carbonyl (C=O) groups is 2. The summed E-state index contributed by atoms with van der Waals surface area (Å²) in [5.41, 5.74) is 9.12. The highest BCUT2D eigenvalue weighted by Gasteiger charge is 2.43. The number of ether oxygens (including phenoxy) is 2. The van der Waals surface area contributed by atoms with Gasteiger partial charge in [0.05, 0.1) is 66.4 Å². The van der Waals surface area contributed by atoms with Crippen molar-refractivity contribution in [3.8, 4) is 22.8 Å². The van der Waals surface area contributed by atoms with Crippen molar-refractivity contribution in [2.24, 2.45) is 5.73 Å². The molecule has 0 unspecified atom stereocenters. The van der Waals surface area contributed by atoms with Crippen LogP contribution in [0.4, 0.5) is 14.0 Å². The van der Waals surface area contributed by atoms with Crippen molar-refractivity contribution in [2.45, 2.75) is 136 Å². The average Bonchev–Trinajstić information content (AvgIpc) is 4.25. The third-order valence-corrected chi connectivity index (χ3v) is 18.1. The lowest BCUT2D eigenvalue weighted by Gasteiger charge is -2.16. The fraction of sp³-hybridized carbons (Fsp3) is 0.551. The van der Waals surface area contributed by atoms with Gasteiger partial charge in [-0.15, -0.1) is 15.3 Å². The van der Waals surface area contributed by atoms with Gasteiger partial charge in [-0.25, -0.2) is 27.1 Å². The van der Waals surface area contributed by atoms with Crippen LogP contribution in [0.25, 0.3) is 11.3 Å². The van der Waals surface area contributed by atoms with Gasteiger partial charge >= 0.3 is 12.1 Å². The minimum absolute atomic E-state index is 0.00493. The molecule has 4 fully saturated rings. The number of fused-ring (bicyclic) bond motifs is 2. The molecule has 0 aliphatic carbocycles. The number of urea groups is 2. The minimum Gasteiger partial charge on any atom is -0.493 e. The number of unbranched alkanes of at least 4 members (excludes halogenated alkanes) is 4. The van der Waals surface area contributed by atoms with Crippen LogP contribution in [-0.2, 0) is 42.3 Å². The van der Waals surface area contributed by atoms with Gasteiger partial charge < -0.3 is 36.5 Å². The Balaban J connectivity index is 0.755. The van der Waals surface area contributed by atoms with Crippen molar-refractivity contribution < 1.29 is 31.9 Å². The second-order valence-corrected chi connectivity index (χ2v) is 23.6. The van der Waals surface area contributed by atoms with Crippen LogP contribution in [0.1, 0.15) is 81.2 Å². The Labute approximate surface area is 433 Å². The van der Waals surface area contributed by atoms with Gasteiger partial charge in [-0.05, 0) is 87.3 Å². The Kier molecular flexibility index (Phi) is 17.9. The van der Waals surface area contributed by atoms with E-state index in [-0.39, 0.29) is 54.2 Å². The topological polar surface area (TPSA) is 253 Å². The maximum Gasteiger partial charge on any atom is 0.315 e. The molecule has 4 amide bonds. The maximum absolute atomic E-state index is 14.1. The Morgan fingerprint density at radius 1 is 0.712 bits per heavy atom. The Morgan fingerprint density at radius 2 is 1.29 bits per heavy atom. The van der Waals surface area contributed by atoms with Crippen molar-refractivity contribution in [3.63, 3.8) is 0 Å². The van der Waals surface area contributed by atoms with Crippen LogP contribution in [0.3, 0.4) is 0 Å². The molecule has 20 nitrogen and oxygen atoms in total. The Morgan fingerprint density at radius 3 is 1.86 bits per heavy atom. The van der Waals surface area contributed by atoms with Crippen LogP contribution in [0, 0.1) is 0 Å². The van der Waals surface area contributed by atoms with E-state index in [1.807, 2.05) is 63.5 Å². The number of benzene rings is 2. The molecule has 6 N–H and O–H groups in total. The number of nitrogens with one attached hydrogen (secondary N) is 4. The van der Waals surface area contributed by atoms with Gasteiger partial charge in [0, 0.05) is 65.7 Å². The second-order valence-electron chi connectivity index (χ2n) is 19.1. The van der Waals surface area contributed by atoms with Crippen LogP contribution >= 0.6 is 23.5 Å². The fourth-order valence-corrected chi connectivity index (χ4v) is 14.1. The number of carbonyl (C=O) groups excluding carboxylic acids is 2. The number of rotatable bonds is 29. The lowest BCUT2D eigenvalue weighted by atomic mass is 10.0. The van der Waals surface area contributed by atoms with Gasteiger partial charge in [-0.2, -0.15) is 23.5 Å². The molecule has 4 saturated heterocycles. The molecule has 5 aromatic rings. The first-order valence-electron chi connectivity index (χ1n) is 25.4. The summed E-state index contributed by atoms with van der Waals surface area (Å²) in [6.07, 6.45) is 18.3. The van der Waals surface area contributed by atoms with Crippen LogP contribution < -0.4 is 36.5 Å². The first-order valence-corrected chi connectivity index (χ1v) is 29.1. The molecular weight excluding hydrogens is 996 g/mol. The molecule has 392 valence electrons. The number of amides is 4. The van der Waals surface area contributed by atoms with Crippen LogP contribution in [0.2, 0.25) is 0 Å². The van der Waals surface area contributed by atoms with Gasteiger partial charge in [0.15, 0.2) is 9.84 Å². The maximum atomic E-state index is 14.1. The van der Waals surface area contributed by atoms with Gasteiger partial charge in [-0.3, -0.25) is 9.36 Å². The van der Waals surface area contributed by atoms with E-state index in [1.54, 1.807) is 23.0 Å². The van der Waals surface area contributed by atoms with Gasteiger partial charge in [0.1, 0.15) is 28.8 Å². The zero-order valence-corrected chi connectivity index (χ0v) is 43.3. The molecule has 24 heteroatoms. The number of nitrogens with zero attached hydrogens (tertiary/aromatic N) is 9. The number of hydrogen-bond donors (Lipinski definition) is 5. The molecule has 73 heavy (non-hydrogen) atoms. The molecule has 2 aromatic carbocycles. The summed E-state index contributed by atoms with van der Waals surface area (Å²) in [4.78, 5) is 23.4. The summed E-state index contributed by atoms with van der Waals surface area (Å²) >= 11 is 3.90. The van der Waals surface area contributed by atoms with E-state index in [0.717, 1.165) is 99.0 Å². The van der Waals surface area contributed by atoms with E-state index < -0.39 is 21.4 Å². The zero-order valence-electron chi connectivity index (χ0n) is 40.8. The van der Waals surface area contributed by atoms with E-state index in [1.165, 1.54) is 12.1 Å². The van der Waals surface area contributed by atoms with E-state index in [9.17, 15) is 22.4 Å². The first-order chi connectivity index (χ1) is 35.5. The molecule has 0 spiro atoms. The number of sulfone groups is 1. The van der Waals surface area contributed by atoms with Gasteiger partial charge in [-0.1, -0.05) is 53.5 Å². The monoisotopic (exact) mass is 1060 g/mol. The highest BCUT2D eigenvalue weighted by molar-refractivity contribution is 8.00. The summed E-state index contributed by atoms with van der Waals surface area (Å²) in [5.74, 6) is 1.61. The number of aromatic nitrogens is 9. The average molecular weight is 1060 g/mol. The van der Waals surface area contributed by atoms with E-state index >= 15 is 0 Å². The summed E-state index contributed by atoms with van der Waals surface area (Å²) < 4.78 is 58.0. The third-order valence-electron chi connectivity index (χ3n) is 13.5. The summed E-state index contributed by atoms with van der Waals surface area (Å²) in [5, 5.41) is 39.4. The molecule has 0 radical (unpaired) electrons. The molecule has 0 saturated carbocycles. The summed E-state index contributed by atoms with van der Waals surface area (Å²) in [6, 6.07) is 12.9. The van der Waals surface area contributed by atoms with Crippen molar-refractivity contribution in [1.29, 1.82) is 0 Å². The molecular formula is C49H65FN14O6S3. The smallest absolute Gasteiger partial charge is 0.315 e.